The number of nitriles is 1. The maximum atomic E-state index is 12.7. The lowest BCUT2D eigenvalue weighted by Gasteiger charge is -2.56. The molecule has 1 unspecified atom stereocenters. The minimum Gasteiger partial charge on any atom is -0.228 e. The van der Waals surface area contributed by atoms with Gasteiger partial charge in [0.25, 0.3) is 0 Å². The minimum atomic E-state index is -3.11. The van der Waals surface area contributed by atoms with Crippen LogP contribution in [0.5, 0.6) is 0 Å². The van der Waals surface area contributed by atoms with Crippen LogP contribution in [0, 0.1) is 35.0 Å². The fourth-order valence-electron chi connectivity index (χ4n) is 4.96. The van der Waals surface area contributed by atoms with Gasteiger partial charge in [-0.05, 0) is 63.2 Å². The van der Waals surface area contributed by atoms with Crippen LogP contribution in [0.4, 0.5) is 0 Å². The Bertz CT molecular complexity index is 453. The summed E-state index contributed by atoms with van der Waals surface area (Å²) in [6.07, 6.45) is 6.38. The third-order valence-corrected chi connectivity index (χ3v) is 8.09. The Kier molecular flexibility index (Phi) is 2.75. The van der Waals surface area contributed by atoms with E-state index in [0.29, 0.717) is 17.8 Å². The van der Waals surface area contributed by atoms with Crippen molar-refractivity contribution in [1.82, 2.24) is 0 Å². The summed E-state index contributed by atoms with van der Waals surface area (Å²) >= 11 is 0. The van der Waals surface area contributed by atoms with Gasteiger partial charge in [0, 0.05) is 0 Å². The molecule has 4 saturated carbocycles. The van der Waals surface area contributed by atoms with Crippen molar-refractivity contribution >= 4 is 9.84 Å². The lowest BCUT2D eigenvalue weighted by molar-refractivity contribution is 0.0338. The van der Waals surface area contributed by atoms with Gasteiger partial charge in [-0.25, -0.2) is 8.42 Å². The van der Waals surface area contributed by atoms with Gasteiger partial charge in [-0.2, -0.15) is 5.26 Å². The maximum Gasteiger partial charge on any atom is 0.157 e. The average Bonchev–Trinajstić information content (AvgIpc) is 2.26. The Hall–Kier alpha value is -0.560. The number of rotatable bonds is 3. The molecule has 100 valence electrons. The van der Waals surface area contributed by atoms with Crippen LogP contribution in [0.2, 0.25) is 0 Å². The maximum absolute atomic E-state index is 12.7. The summed E-state index contributed by atoms with van der Waals surface area (Å²) in [7, 11) is -3.11. The molecular weight excluding hydrogens is 246 g/mol. The molecule has 4 bridgehead atoms. The first-order chi connectivity index (χ1) is 8.44. The van der Waals surface area contributed by atoms with Crippen LogP contribution < -0.4 is 0 Å². The van der Waals surface area contributed by atoms with E-state index in [2.05, 4.69) is 6.07 Å². The summed E-state index contributed by atoms with van der Waals surface area (Å²) in [4.78, 5) is 0. The van der Waals surface area contributed by atoms with Crippen molar-refractivity contribution in [2.45, 2.75) is 50.2 Å². The van der Waals surface area contributed by atoms with Crippen LogP contribution in [0.3, 0.4) is 0 Å². The van der Waals surface area contributed by atoms with E-state index in [9.17, 15) is 8.42 Å². The van der Waals surface area contributed by atoms with E-state index >= 15 is 0 Å². The molecule has 4 fully saturated rings. The lowest BCUT2D eigenvalue weighted by Crippen LogP contribution is -2.55. The summed E-state index contributed by atoms with van der Waals surface area (Å²) in [6, 6.07) is 2.07. The SMILES string of the molecule is CC(C#N)CS(=O)(=O)C12CC3CC(CC(C3)C1)C2. The third kappa shape index (κ3) is 1.79. The molecular formula is C14H21NO2S. The summed E-state index contributed by atoms with van der Waals surface area (Å²) in [5, 5.41) is 8.87. The molecule has 3 nitrogen and oxygen atoms in total. The Labute approximate surface area is 109 Å². The van der Waals surface area contributed by atoms with E-state index in [1.54, 1.807) is 6.92 Å². The molecule has 0 N–H and O–H groups in total. The van der Waals surface area contributed by atoms with Gasteiger partial charge in [0.1, 0.15) is 0 Å². The summed E-state index contributed by atoms with van der Waals surface area (Å²) in [5.41, 5.74) is 0. The van der Waals surface area contributed by atoms with Gasteiger partial charge in [-0.15, -0.1) is 0 Å². The van der Waals surface area contributed by atoms with Gasteiger partial charge in [-0.1, -0.05) is 0 Å². The van der Waals surface area contributed by atoms with Crippen LogP contribution >= 0.6 is 0 Å². The summed E-state index contributed by atoms with van der Waals surface area (Å²) in [6.45, 7) is 1.72. The van der Waals surface area contributed by atoms with E-state index in [0.717, 1.165) is 19.3 Å². The smallest absolute Gasteiger partial charge is 0.157 e. The molecule has 0 aliphatic heterocycles. The predicted molar refractivity (Wildman–Crippen MR) is 69.5 cm³/mol. The zero-order valence-corrected chi connectivity index (χ0v) is 11.7. The highest BCUT2D eigenvalue weighted by molar-refractivity contribution is 7.92. The number of hydrogen-bond donors (Lipinski definition) is 0. The second-order valence-electron chi connectivity index (χ2n) is 6.91. The van der Waals surface area contributed by atoms with Crippen molar-refractivity contribution in [2.75, 3.05) is 5.75 Å². The van der Waals surface area contributed by atoms with E-state index < -0.39 is 14.6 Å². The van der Waals surface area contributed by atoms with Crippen molar-refractivity contribution in [3.05, 3.63) is 0 Å². The molecule has 0 aromatic carbocycles. The molecule has 0 amide bonds. The van der Waals surface area contributed by atoms with Gasteiger partial charge in [0.15, 0.2) is 9.84 Å². The average molecular weight is 267 g/mol. The molecule has 4 rings (SSSR count). The van der Waals surface area contributed by atoms with Gasteiger partial charge in [0.05, 0.1) is 22.5 Å². The van der Waals surface area contributed by atoms with E-state index in [1.165, 1.54) is 19.3 Å². The van der Waals surface area contributed by atoms with Crippen LogP contribution in [-0.4, -0.2) is 18.9 Å². The molecule has 4 aliphatic rings. The van der Waals surface area contributed by atoms with E-state index in [-0.39, 0.29) is 11.7 Å². The third-order valence-electron chi connectivity index (χ3n) is 5.33. The van der Waals surface area contributed by atoms with Crippen LogP contribution in [0.25, 0.3) is 0 Å². The van der Waals surface area contributed by atoms with Gasteiger partial charge >= 0.3 is 0 Å². The Morgan fingerprint density at radius 3 is 2.00 bits per heavy atom. The first-order valence-corrected chi connectivity index (χ1v) is 8.71. The second kappa shape index (κ2) is 3.96. The predicted octanol–water partition coefficient (Wildman–Crippen LogP) is 2.53. The number of nitrogens with zero attached hydrogens (tertiary/aromatic N) is 1. The molecule has 0 saturated heterocycles. The minimum absolute atomic E-state index is 0.0651. The van der Waals surface area contributed by atoms with Crippen molar-refractivity contribution < 1.29 is 8.42 Å². The van der Waals surface area contributed by atoms with E-state index in [4.69, 9.17) is 5.26 Å². The fourth-order valence-corrected chi connectivity index (χ4v) is 7.51. The molecule has 0 spiro atoms. The van der Waals surface area contributed by atoms with Gasteiger partial charge in [0.2, 0.25) is 0 Å². The van der Waals surface area contributed by atoms with Crippen molar-refractivity contribution in [3.63, 3.8) is 0 Å². The van der Waals surface area contributed by atoms with Crippen molar-refractivity contribution in [3.8, 4) is 6.07 Å². The summed E-state index contributed by atoms with van der Waals surface area (Å²) in [5.74, 6) is 1.62. The van der Waals surface area contributed by atoms with Crippen molar-refractivity contribution in [2.24, 2.45) is 23.7 Å². The van der Waals surface area contributed by atoms with Crippen molar-refractivity contribution in [1.29, 1.82) is 5.26 Å². The number of sulfone groups is 1. The molecule has 0 heterocycles. The monoisotopic (exact) mass is 267 g/mol. The molecule has 0 aromatic rings. The van der Waals surface area contributed by atoms with Gasteiger partial charge in [-0.3, -0.25) is 0 Å². The molecule has 0 aromatic heterocycles. The highest BCUT2D eigenvalue weighted by Crippen LogP contribution is 2.58. The highest BCUT2D eigenvalue weighted by Gasteiger charge is 2.57. The molecule has 1 atom stereocenters. The Balaban J connectivity index is 1.89. The largest absolute Gasteiger partial charge is 0.228 e. The standard InChI is InChI=1S/C14H21NO2S/c1-10(8-15)9-18(16,17)14-5-11-2-12(6-14)4-13(3-11)7-14/h10-13H,2-7,9H2,1H3. The Morgan fingerprint density at radius 1 is 1.17 bits per heavy atom. The molecule has 18 heavy (non-hydrogen) atoms. The topological polar surface area (TPSA) is 57.9 Å². The molecule has 4 aliphatic carbocycles. The zero-order chi connectivity index (χ0) is 13.0. The zero-order valence-electron chi connectivity index (χ0n) is 10.9. The quantitative estimate of drug-likeness (QED) is 0.789. The Morgan fingerprint density at radius 2 is 1.61 bits per heavy atom. The second-order valence-corrected chi connectivity index (χ2v) is 9.34. The normalized spacial score (nSPS) is 43.7. The molecule has 0 radical (unpaired) electrons. The lowest BCUT2D eigenvalue weighted by atomic mass is 9.56. The molecule has 4 heteroatoms. The van der Waals surface area contributed by atoms with Crippen LogP contribution in [0.1, 0.15) is 45.4 Å². The first-order valence-electron chi connectivity index (χ1n) is 7.06. The highest BCUT2D eigenvalue weighted by atomic mass is 32.2. The van der Waals surface area contributed by atoms with Crippen LogP contribution in [0.15, 0.2) is 0 Å². The fraction of sp³-hybridized carbons (Fsp3) is 0.929. The van der Waals surface area contributed by atoms with E-state index in [1.807, 2.05) is 0 Å². The number of hydrogen-bond acceptors (Lipinski definition) is 3. The first kappa shape index (κ1) is 12.5. The van der Waals surface area contributed by atoms with Gasteiger partial charge < -0.3 is 0 Å². The summed E-state index contributed by atoms with van der Waals surface area (Å²) < 4.78 is 25.0. The van der Waals surface area contributed by atoms with Crippen LogP contribution in [-0.2, 0) is 9.84 Å².